The minimum absolute atomic E-state index is 0.00524. The van der Waals surface area contributed by atoms with Crippen LogP contribution in [0.2, 0.25) is 0 Å². The van der Waals surface area contributed by atoms with Gasteiger partial charge < -0.3 is 11.1 Å². The number of amides is 1. The largest absolute Gasteiger partial charge is 0.416 e. The molecule has 0 saturated heterocycles. The molecule has 0 bridgehead atoms. The van der Waals surface area contributed by atoms with Gasteiger partial charge >= 0.3 is 6.18 Å². The van der Waals surface area contributed by atoms with E-state index in [-0.39, 0.29) is 16.2 Å². The van der Waals surface area contributed by atoms with Crippen LogP contribution in [0.4, 0.5) is 18.9 Å². The lowest BCUT2D eigenvalue weighted by Gasteiger charge is -2.25. The summed E-state index contributed by atoms with van der Waals surface area (Å²) in [6.07, 6.45) is -4.12. The molecule has 1 atom stereocenters. The topological polar surface area (TPSA) is 55.1 Å². The van der Waals surface area contributed by atoms with Gasteiger partial charge in [0.15, 0.2) is 0 Å². The van der Waals surface area contributed by atoms with E-state index in [1.165, 1.54) is 19.1 Å². The Morgan fingerprint density at radius 2 is 1.95 bits per heavy atom. The maximum atomic E-state index is 12.8. The van der Waals surface area contributed by atoms with E-state index in [4.69, 9.17) is 18.0 Å². The predicted octanol–water partition coefficient (Wildman–Crippen LogP) is 3.65. The number of carbonyl (C=O) groups is 1. The van der Waals surface area contributed by atoms with Gasteiger partial charge in [-0.25, -0.2) is 0 Å². The second kappa shape index (κ2) is 6.01. The van der Waals surface area contributed by atoms with Gasteiger partial charge in [-0.05, 0) is 38.0 Å². The fraction of sp³-hybridized carbons (Fsp3) is 0.429. The Morgan fingerprint density at radius 3 is 2.38 bits per heavy atom. The van der Waals surface area contributed by atoms with E-state index in [2.05, 4.69) is 5.32 Å². The number of halogens is 3. The Hall–Kier alpha value is -1.63. The number of carbonyl (C=O) groups excluding carboxylic acids is 1. The maximum Gasteiger partial charge on any atom is 0.416 e. The number of alkyl halides is 3. The second-order valence-electron chi connectivity index (χ2n) is 5.03. The molecule has 0 radical (unpaired) electrons. The Labute approximate surface area is 126 Å². The summed E-state index contributed by atoms with van der Waals surface area (Å²) >= 11 is 4.86. The third-order valence-corrected chi connectivity index (χ3v) is 4.00. The first-order chi connectivity index (χ1) is 9.52. The minimum atomic E-state index is -4.47. The summed E-state index contributed by atoms with van der Waals surface area (Å²) in [5.74, 6) is -0.519. The molecule has 0 aliphatic rings. The summed E-state index contributed by atoms with van der Waals surface area (Å²) in [7, 11) is 0. The van der Waals surface area contributed by atoms with Crippen molar-refractivity contribution in [3.05, 3.63) is 29.3 Å². The van der Waals surface area contributed by atoms with Crippen LogP contribution in [0.1, 0.15) is 31.4 Å². The van der Waals surface area contributed by atoms with Gasteiger partial charge in [0.1, 0.15) is 0 Å². The van der Waals surface area contributed by atoms with E-state index in [1.54, 1.807) is 13.8 Å². The molecule has 0 spiro atoms. The lowest BCUT2D eigenvalue weighted by atomic mass is 9.86. The van der Waals surface area contributed by atoms with Gasteiger partial charge in [0.25, 0.3) is 0 Å². The van der Waals surface area contributed by atoms with Gasteiger partial charge in [0.05, 0.1) is 16.0 Å². The van der Waals surface area contributed by atoms with E-state index in [0.29, 0.717) is 6.42 Å². The van der Waals surface area contributed by atoms with Crippen LogP contribution < -0.4 is 11.1 Å². The molecule has 3 nitrogen and oxygen atoms in total. The number of nitrogens with one attached hydrogen (secondary N) is 1. The average Bonchev–Trinajstić information content (AvgIpc) is 2.38. The highest BCUT2D eigenvalue weighted by molar-refractivity contribution is 7.80. The van der Waals surface area contributed by atoms with E-state index in [1.807, 2.05) is 0 Å². The zero-order chi connectivity index (χ0) is 16.4. The number of rotatable bonds is 4. The molecule has 1 aromatic carbocycles. The lowest BCUT2D eigenvalue weighted by molar-refractivity contribution is -0.138. The third-order valence-electron chi connectivity index (χ3n) is 3.55. The van der Waals surface area contributed by atoms with Gasteiger partial charge in [-0.3, -0.25) is 4.79 Å². The van der Waals surface area contributed by atoms with Crippen molar-refractivity contribution in [2.75, 3.05) is 5.32 Å². The lowest BCUT2D eigenvalue weighted by Crippen LogP contribution is -2.43. The molecule has 1 amide bonds. The highest BCUT2D eigenvalue weighted by Crippen LogP contribution is 2.34. The molecule has 0 aliphatic heterocycles. The number of nitrogens with two attached hydrogens (primary N) is 1. The number of aryl methyl sites for hydroxylation is 1. The monoisotopic (exact) mass is 318 g/mol. The quantitative estimate of drug-likeness (QED) is 0.833. The normalized spacial score (nSPS) is 14.4. The fourth-order valence-corrected chi connectivity index (χ4v) is 1.96. The van der Waals surface area contributed by atoms with Crippen molar-refractivity contribution in [3.8, 4) is 0 Å². The van der Waals surface area contributed by atoms with Crippen LogP contribution in [0.25, 0.3) is 0 Å². The fourth-order valence-electron chi connectivity index (χ4n) is 1.72. The highest BCUT2D eigenvalue weighted by atomic mass is 32.1. The Balaban J connectivity index is 3.10. The van der Waals surface area contributed by atoms with Crippen molar-refractivity contribution < 1.29 is 18.0 Å². The first-order valence-electron chi connectivity index (χ1n) is 6.31. The first kappa shape index (κ1) is 17.4. The van der Waals surface area contributed by atoms with Crippen molar-refractivity contribution in [1.29, 1.82) is 0 Å². The van der Waals surface area contributed by atoms with Crippen LogP contribution in [0.3, 0.4) is 0 Å². The summed E-state index contributed by atoms with van der Waals surface area (Å²) in [6, 6.07) is 3.63. The van der Waals surface area contributed by atoms with Crippen LogP contribution in [-0.2, 0) is 11.0 Å². The standard InChI is InChI=1S/C14H17F3N2OS/c1-4-13(3,11(18)21)12(20)19-9-6-5-8(2)10(7-9)14(15,16)17/h5-7H,4H2,1-3H3,(H2,18,21)(H,19,20). The van der Waals surface area contributed by atoms with E-state index >= 15 is 0 Å². The minimum Gasteiger partial charge on any atom is -0.392 e. The Kier molecular flexibility index (Phi) is 4.99. The predicted molar refractivity (Wildman–Crippen MR) is 80.0 cm³/mol. The summed E-state index contributed by atoms with van der Waals surface area (Å²) in [5, 5.41) is 2.45. The smallest absolute Gasteiger partial charge is 0.392 e. The number of thiocarbonyl (C=S) groups is 1. The third kappa shape index (κ3) is 3.72. The van der Waals surface area contributed by atoms with Crippen LogP contribution in [0.5, 0.6) is 0 Å². The molecule has 1 rings (SSSR count). The van der Waals surface area contributed by atoms with Crippen molar-refractivity contribution in [2.24, 2.45) is 11.1 Å². The zero-order valence-electron chi connectivity index (χ0n) is 12.0. The molecule has 21 heavy (non-hydrogen) atoms. The van der Waals surface area contributed by atoms with Gasteiger partial charge in [-0.2, -0.15) is 13.2 Å². The molecule has 116 valence electrons. The molecule has 3 N–H and O–H groups in total. The molecule has 0 saturated carbocycles. The summed E-state index contributed by atoms with van der Waals surface area (Å²) < 4.78 is 38.5. The average molecular weight is 318 g/mol. The molecule has 7 heteroatoms. The number of hydrogen-bond acceptors (Lipinski definition) is 2. The number of benzene rings is 1. The van der Waals surface area contributed by atoms with Crippen molar-refractivity contribution in [3.63, 3.8) is 0 Å². The molecule has 1 aromatic rings. The molecule has 0 aliphatic carbocycles. The number of anilines is 1. The summed E-state index contributed by atoms with van der Waals surface area (Å²) in [5.41, 5.74) is 3.82. The maximum absolute atomic E-state index is 12.8. The van der Waals surface area contributed by atoms with Gasteiger partial charge in [-0.1, -0.05) is 25.2 Å². The van der Waals surface area contributed by atoms with Crippen molar-refractivity contribution >= 4 is 28.8 Å². The molecular formula is C14H17F3N2OS. The van der Waals surface area contributed by atoms with Gasteiger partial charge in [0, 0.05) is 5.69 Å². The summed E-state index contributed by atoms with van der Waals surface area (Å²) in [4.78, 5) is 12.2. The Morgan fingerprint density at radius 1 is 1.38 bits per heavy atom. The molecule has 0 heterocycles. The summed E-state index contributed by atoms with van der Waals surface area (Å²) in [6.45, 7) is 4.65. The highest BCUT2D eigenvalue weighted by Gasteiger charge is 2.36. The molecular weight excluding hydrogens is 301 g/mol. The van der Waals surface area contributed by atoms with Crippen LogP contribution >= 0.6 is 12.2 Å². The molecule has 0 fully saturated rings. The van der Waals surface area contributed by atoms with Crippen LogP contribution in [0.15, 0.2) is 18.2 Å². The zero-order valence-corrected chi connectivity index (χ0v) is 12.8. The SMILES string of the molecule is CCC(C)(C(=O)Nc1ccc(C)c(C(F)(F)F)c1)C(N)=S. The molecule has 1 unspecified atom stereocenters. The molecule has 0 aromatic heterocycles. The van der Waals surface area contributed by atoms with E-state index in [0.717, 1.165) is 6.07 Å². The van der Waals surface area contributed by atoms with E-state index < -0.39 is 23.1 Å². The van der Waals surface area contributed by atoms with Gasteiger partial charge in [0.2, 0.25) is 5.91 Å². The number of hydrogen-bond donors (Lipinski definition) is 2. The Bertz CT molecular complexity index is 572. The second-order valence-corrected chi connectivity index (χ2v) is 5.47. The van der Waals surface area contributed by atoms with E-state index in [9.17, 15) is 18.0 Å². The first-order valence-corrected chi connectivity index (χ1v) is 6.72. The van der Waals surface area contributed by atoms with Crippen molar-refractivity contribution in [1.82, 2.24) is 0 Å². The van der Waals surface area contributed by atoms with Gasteiger partial charge in [-0.15, -0.1) is 0 Å². The van der Waals surface area contributed by atoms with Crippen molar-refractivity contribution in [2.45, 2.75) is 33.4 Å². The van der Waals surface area contributed by atoms with Crippen LogP contribution in [0, 0.1) is 12.3 Å². The van der Waals surface area contributed by atoms with Crippen LogP contribution in [-0.4, -0.2) is 10.9 Å².